The van der Waals surface area contributed by atoms with Crippen LogP contribution < -0.4 is 0 Å². The quantitative estimate of drug-likeness (QED) is 0.786. The van der Waals surface area contributed by atoms with Crippen molar-refractivity contribution in [2.24, 2.45) is 0 Å². The van der Waals surface area contributed by atoms with Crippen LogP contribution in [0.1, 0.15) is 15.9 Å². The molecule has 1 rings (SSSR count). The summed E-state index contributed by atoms with van der Waals surface area (Å²) < 4.78 is 13.3. The molecule has 0 spiro atoms. The van der Waals surface area contributed by atoms with Crippen molar-refractivity contribution in [2.75, 3.05) is 20.2 Å². The van der Waals surface area contributed by atoms with Crippen LogP contribution in [-0.2, 0) is 6.54 Å². The molecule has 0 aliphatic carbocycles. The largest absolute Gasteiger partial charge is 0.478 e. The third-order valence-electron chi connectivity index (χ3n) is 2.20. The number of aromatic carboxylic acids is 1. The zero-order chi connectivity index (χ0) is 12.1. The first-order valence-electron chi connectivity index (χ1n) is 4.85. The molecule has 1 aromatic carbocycles. The SMILES string of the molecule is CN(CCO)Cc1ccc(C(=O)O)c(F)c1. The molecule has 4 nitrogen and oxygen atoms in total. The zero-order valence-electron chi connectivity index (χ0n) is 8.98. The Morgan fingerprint density at radius 2 is 2.19 bits per heavy atom. The number of hydrogen-bond donors (Lipinski definition) is 2. The minimum absolute atomic E-state index is 0.0339. The van der Waals surface area contributed by atoms with Gasteiger partial charge in [-0.05, 0) is 24.7 Å². The van der Waals surface area contributed by atoms with E-state index in [1.54, 1.807) is 13.1 Å². The molecule has 0 saturated heterocycles. The third kappa shape index (κ3) is 3.29. The maximum atomic E-state index is 13.3. The fourth-order valence-electron chi connectivity index (χ4n) is 1.39. The predicted octanol–water partition coefficient (Wildman–Crippen LogP) is 0.948. The van der Waals surface area contributed by atoms with E-state index in [1.807, 2.05) is 4.90 Å². The highest BCUT2D eigenvalue weighted by molar-refractivity contribution is 5.87. The highest BCUT2D eigenvalue weighted by Crippen LogP contribution is 2.11. The number of carbonyl (C=O) groups is 1. The molecule has 5 heteroatoms. The zero-order valence-corrected chi connectivity index (χ0v) is 8.98. The number of nitrogens with zero attached hydrogens (tertiary/aromatic N) is 1. The molecule has 0 radical (unpaired) electrons. The minimum Gasteiger partial charge on any atom is -0.478 e. The van der Waals surface area contributed by atoms with Crippen LogP contribution in [0.2, 0.25) is 0 Å². The van der Waals surface area contributed by atoms with E-state index in [4.69, 9.17) is 10.2 Å². The van der Waals surface area contributed by atoms with E-state index in [0.29, 0.717) is 18.7 Å². The molecule has 16 heavy (non-hydrogen) atoms. The van der Waals surface area contributed by atoms with Crippen molar-refractivity contribution in [1.82, 2.24) is 4.90 Å². The number of halogens is 1. The van der Waals surface area contributed by atoms with Crippen molar-refractivity contribution in [3.8, 4) is 0 Å². The van der Waals surface area contributed by atoms with Gasteiger partial charge in [-0.1, -0.05) is 6.07 Å². The van der Waals surface area contributed by atoms with Gasteiger partial charge in [-0.2, -0.15) is 0 Å². The first-order valence-corrected chi connectivity index (χ1v) is 4.85. The average molecular weight is 227 g/mol. The average Bonchev–Trinajstić information content (AvgIpc) is 2.17. The summed E-state index contributed by atoms with van der Waals surface area (Å²) in [5.74, 6) is -2.00. The van der Waals surface area contributed by atoms with Crippen LogP contribution in [0.4, 0.5) is 4.39 Å². The van der Waals surface area contributed by atoms with Gasteiger partial charge in [0.05, 0.1) is 12.2 Å². The number of aliphatic hydroxyl groups is 1. The smallest absolute Gasteiger partial charge is 0.338 e. The lowest BCUT2D eigenvalue weighted by atomic mass is 10.1. The third-order valence-corrected chi connectivity index (χ3v) is 2.20. The first kappa shape index (κ1) is 12.6. The topological polar surface area (TPSA) is 60.8 Å². The lowest BCUT2D eigenvalue weighted by Gasteiger charge is -2.15. The van der Waals surface area contributed by atoms with Crippen molar-refractivity contribution >= 4 is 5.97 Å². The van der Waals surface area contributed by atoms with Gasteiger partial charge in [-0.15, -0.1) is 0 Å². The molecule has 0 atom stereocenters. The molecule has 0 saturated carbocycles. The van der Waals surface area contributed by atoms with Gasteiger partial charge < -0.3 is 10.2 Å². The fourth-order valence-corrected chi connectivity index (χ4v) is 1.39. The number of hydrogen-bond acceptors (Lipinski definition) is 3. The summed E-state index contributed by atoms with van der Waals surface area (Å²) in [7, 11) is 1.79. The summed E-state index contributed by atoms with van der Waals surface area (Å²) in [6.07, 6.45) is 0. The molecule has 0 amide bonds. The second-order valence-corrected chi connectivity index (χ2v) is 3.58. The van der Waals surface area contributed by atoms with Gasteiger partial charge in [-0.3, -0.25) is 4.90 Å². The molecule has 0 aliphatic rings. The van der Waals surface area contributed by atoms with Crippen LogP contribution in [0.15, 0.2) is 18.2 Å². The fraction of sp³-hybridized carbons (Fsp3) is 0.364. The second-order valence-electron chi connectivity index (χ2n) is 3.58. The van der Waals surface area contributed by atoms with Crippen molar-refractivity contribution in [2.45, 2.75) is 6.54 Å². The van der Waals surface area contributed by atoms with Crippen molar-refractivity contribution in [3.63, 3.8) is 0 Å². The van der Waals surface area contributed by atoms with Crippen molar-refractivity contribution < 1.29 is 19.4 Å². The Kier molecular flexibility index (Phi) is 4.39. The van der Waals surface area contributed by atoms with E-state index in [-0.39, 0.29) is 12.2 Å². The van der Waals surface area contributed by atoms with E-state index in [0.717, 1.165) is 0 Å². The van der Waals surface area contributed by atoms with Crippen LogP contribution in [0, 0.1) is 5.82 Å². The van der Waals surface area contributed by atoms with Gasteiger partial charge in [0.15, 0.2) is 0 Å². The maximum absolute atomic E-state index is 13.3. The molecule has 1 aromatic rings. The maximum Gasteiger partial charge on any atom is 0.338 e. The number of carboxylic acids is 1. The van der Waals surface area contributed by atoms with Crippen LogP contribution in [0.5, 0.6) is 0 Å². The van der Waals surface area contributed by atoms with Gasteiger partial charge in [0.25, 0.3) is 0 Å². The van der Waals surface area contributed by atoms with E-state index < -0.39 is 11.8 Å². The Morgan fingerprint density at radius 1 is 1.50 bits per heavy atom. The number of aliphatic hydroxyl groups excluding tert-OH is 1. The van der Waals surface area contributed by atoms with Crippen LogP contribution in [0.25, 0.3) is 0 Å². The highest BCUT2D eigenvalue weighted by Gasteiger charge is 2.10. The molecule has 88 valence electrons. The van der Waals surface area contributed by atoms with E-state index >= 15 is 0 Å². The Morgan fingerprint density at radius 3 is 2.69 bits per heavy atom. The summed E-state index contributed by atoms with van der Waals surface area (Å²) >= 11 is 0. The molecule has 0 aliphatic heterocycles. The van der Waals surface area contributed by atoms with Gasteiger partial charge in [-0.25, -0.2) is 9.18 Å². The lowest BCUT2D eigenvalue weighted by Crippen LogP contribution is -2.21. The van der Waals surface area contributed by atoms with Crippen molar-refractivity contribution in [1.29, 1.82) is 0 Å². The molecule has 2 N–H and O–H groups in total. The van der Waals surface area contributed by atoms with E-state index in [9.17, 15) is 9.18 Å². The first-order chi connectivity index (χ1) is 7.54. The Bertz CT molecular complexity index is 381. The van der Waals surface area contributed by atoms with Gasteiger partial charge >= 0.3 is 5.97 Å². The number of benzene rings is 1. The van der Waals surface area contributed by atoms with Crippen LogP contribution in [-0.4, -0.2) is 41.3 Å². The van der Waals surface area contributed by atoms with Crippen molar-refractivity contribution in [3.05, 3.63) is 35.1 Å². The summed E-state index contributed by atoms with van der Waals surface area (Å²) in [5.41, 5.74) is 0.354. The lowest BCUT2D eigenvalue weighted by molar-refractivity contribution is 0.0692. The summed E-state index contributed by atoms with van der Waals surface area (Å²) in [4.78, 5) is 12.4. The predicted molar refractivity (Wildman–Crippen MR) is 56.8 cm³/mol. The molecular weight excluding hydrogens is 213 g/mol. The monoisotopic (exact) mass is 227 g/mol. The molecule has 0 unspecified atom stereocenters. The molecule has 0 heterocycles. The molecular formula is C11H14FNO3. The van der Waals surface area contributed by atoms with E-state index in [1.165, 1.54) is 12.1 Å². The van der Waals surface area contributed by atoms with E-state index in [2.05, 4.69) is 0 Å². The Hall–Kier alpha value is -1.46. The number of likely N-dealkylation sites (N-methyl/N-ethyl adjacent to an activating group) is 1. The van der Waals surface area contributed by atoms with Crippen LogP contribution in [0.3, 0.4) is 0 Å². The van der Waals surface area contributed by atoms with Gasteiger partial charge in [0.1, 0.15) is 5.82 Å². The normalized spacial score (nSPS) is 10.8. The Labute approximate surface area is 92.9 Å². The van der Waals surface area contributed by atoms with Gasteiger partial charge in [0, 0.05) is 13.1 Å². The second kappa shape index (κ2) is 5.58. The highest BCUT2D eigenvalue weighted by atomic mass is 19.1. The summed E-state index contributed by atoms with van der Waals surface area (Å²) in [6.45, 7) is 0.992. The van der Waals surface area contributed by atoms with Crippen LogP contribution >= 0.6 is 0 Å². The summed E-state index contributed by atoms with van der Waals surface area (Å²) in [5, 5.41) is 17.3. The molecule has 0 aromatic heterocycles. The molecule has 0 fully saturated rings. The summed E-state index contributed by atoms with van der Waals surface area (Å²) in [6, 6.07) is 4.03. The number of carboxylic acid groups (broad SMARTS) is 1. The minimum atomic E-state index is -1.27. The van der Waals surface area contributed by atoms with Gasteiger partial charge in [0.2, 0.25) is 0 Å². The standard InChI is InChI=1S/C11H14FNO3/c1-13(4-5-14)7-8-2-3-9(11(15)16)10(12)6-8/h2-3,6,14H,4-5,7H2,1H3,(H,15,16). The molecule has 0 bridgehead atoms. The number of rotatable bonds is 5. The Balaban J connectivity index is 2.77.